The highest BCUT2D eigenvalue weighted by atomic mass is 35.5. The van der Waals surface area contributed by atoms with Gasteiger partial charge in [-0.15, -0.1) is 0 Å². The number of H-pyrrole nitrogens is 1. The van der Waals surface area contributed by atoms with Gasteiger partial charge in [-0.3, -0.25) is 9.59 Å². The predicted octanol–water partition coefficient (Wildman–Crippen LogP) is 6.92. The molecule has 176 valence electrons. The van der Waals surface area contributed by atoms with Crippen LogP contribution in [-0.2, 0) is 4.79 Å². The van der Waals surface area contributed by atoms with Crippen LogP contribution in [0.5, 0.6) is 0 Å². The van der Waals surface area contributed by atoms with Gasteiger partial charge in [-0.05, 0) is 72.6 Å². The molecule has 2 aromatic carbocycles. The van der Waals surface area contributed by atoms with Crippen molar-refractivity contribution in [3.8, 4) is 11.1 Å². The standard InChI is InChI=1S/C28H30ClN3O2/c1-3-5-18-8-10-19(11-9-18)25-16-23-21(12-13-22(28(30)34)27(23)32-25)20-6-4-7-24(17(20)2)31-26(33)14-15-29/h4,6-7,10,12-16,18,32H,3,5,8-9,11H2,1-2H3,(H2,30,34)(H,31,33)/b15-14-. The molecule has 34 heavy (non-hydrogen) atoms. The summed E-state index contributed by atoms with van der Waals surface area (Å²) in [5.74, 6) is -0.000635. The van der Waals surface area contributed by atoms with E-state index in [1.54, 1.807) is 6.07 Å². The van der Waals surface area contributed by atoms with Crippen LogP contribution in [0.2, 0.25) is 0 Å². The summed E-state index contributed by atoms with van der Waals surface area (Å²) in [6.45, 7) is 4.20. The maximum absolute atomic E-state index is 12.2. The Bertz CT molecular complexity index is 1300. The van der Waals surface area contributed by atoms with Crippen LogP contribution in [0.4, 0.5) is 5.69 Å². The zero-order valence-electron chi connectivity index (χ0n) is 19.6. The number of halogens is 1. The first kappa shape index (κ1) is 23.8. The SMILES string of the molecule is CCCC1CC=C(c2cc3c(-c4cccc(NC(=O)/C=C\Cl)c4C)ccc(C(N)=O)c3[nH]2)CC1. The number of primary amides is 1. The number of anilines is 1. The Labute approximate surface area is 205 Å². The van der Waals surface area contributed by atoms with Gasteiger partial charge in [0.2, 0.25) is 5.91 Å². The van der Waals surface area contributed by atoms with E-state index in [0.717, 1.165) is 52.0 Å². The van der Waals surface area contributed by atoms with E-state index in [9.17, 15) is 9.59 Å². The summed E-state index contributed by atoms with van der Waals surface area (Å²) in [5.41, 5.74) is 14.0. The molecule has 0 spiro atoms. The number of amides is 2. The Morgan fingerprint density at radius 2 is 2.06 bits per heavy atom. The van der Waals surface area contributed by atoms with Crippen LogP contribution in [0.25, 0.3) is 27.6 Å². The lowest BCUT2D eigenvalue weighted by atomic mass is 9.85. The molecule has 1 aromatic heterocycles. The third kappa shape index (κ3) is 4.80. The van der Waals surface area contributed by atoms with Gasteiger partial charge in [0.1, 0.15) is 0 Å². The fourth-order valence-electron chi connectivity index (χ4n) is 4.93. The zero-order chi connectivity index (χ0) is 24.2. The van der Waals surface area contributed by atoms with Crippen LogP contribution in [0.3, 0.4) is 0 Å². The van der Waals surface area contributed by atoms with E-state index in [1.807, 2.05) is 31.2 Å². The molecule has 4 N–H and O–H groups in total. The Morgan fingerprint density at radius 1 is 1.24 bits per heavy atom. The second-order valence-corrected chi connectivity index (χ2v) is 9.17. The van der Waals surface area contributed by atoms with Crippen LogP contribution < -0.4 is 11.1 Å². The van der Waals surface area contributed by atoms with E-state index < -0.39 is 5.91 Å². The van der Waals surface area contributed by atoms with Crippen LogP contribution in [0.15, 0.2) is 54.1 Å². The summed E-state index contributed by atoms with van der Waals surface area (Å²) < 4.78 is 0. The number of rotatable bonds is 7. The van der Waals surface area contributed by atoms with Gasteiger partial charge in [0.15, 0.2) is 0 Å². The van der Waals surface area contributed by atoms with Crippen molar-refractivity contribution < 1.29 is 9.59 Å². The van der Waals surface area contributed by atoms with Gasteiger partial charge in [-0.1, -0.05) is 55.6 Å². The van der Waals surface area contributed by atoms with E-state index in [0.29, 0.717) is 11.3 Å². The number of nitrogens with one attached hydrogen (secondary N) is 2. The minimum Gasteiger partial charge on any atom is -0.366 e. The first-order chi connectivity index (χ1) is 16.4. The number of benzene rings is 2. The quantitative estimate of drug-likeness (QED) is 0.324. The van der Waals surface area contributed by atoms with Gasteiger partial charge in [0.25, 0.3) is 5.91 Å². The van der Waals surface area contributed by atoms with Crippen molar-refractivity contribution in [2.75, 3.05) is 5.32 Å². The van der Waals surface area contributed by atoms with Crippen LogP contribution >= 0.6 is 11.6 Å². The minimum atomic E-state index is -0.462. The number of carbonyl (C=O) groups is 2. The molecule has 5 nitrogen and oxygen atoms in total. The van der Waals surface area contributed by atoms with E-state index in [-0.39, 0.29) is 5.91 Å². The van der Waals surface area contributed by atoms with Gasteiger partial charge < -0.3 is 16.0 Å². The number of allylic oxidation sites excluding steroid dienone is 2. The third-order valence-corrected chi connectivity index (χ3v) is 6.84. The molecule has 0 radical (unpaired) electrons. The summed E-state index contributed by atoms with van der Waals surface area (Å²) in [4.78, 5) is 27.7. The van der Waals surface area contributed by atoms with Gasteiger partial charge in [-0.2, -0.15) is 0 Å². The lowest BCUT2D eigenvalue weighted by Crippen LogP contribution is -2.11. The molecular weight excluding hydrogens is 446 g/mol. The molecule has 1 heterocycles. The summed E-state index contributed by atoms with van der Waals surface area (Å²) in [7, 11) is 0. The number of nitrogens with two attached hydrogens (primary N) is 1. The maximum atomic E-state index is 12.2. The number of aromatic amines is 1. The van der Waals surface area contributed by atoms with Crippen molar-refractivity contribution in [1.82, 2.24) is 4.98 Å². The Balaban J connectivity index is 1.80. The predicted molar refractivity (Wildman–Crippen MR) is 141 cm³/mol. The molecule has 0 saturated carbocycles. The summed E-state index contributed by atoms with van der Waals surface area (Å²) in [6, 6.07) is 11.6. The molecule has 1 atom stereocenters. The van der Waals surface area contributed by atoms with Crippen molar-refractivity contribution in [3.63, 3.8) is 0 Å². The minimum absolute atomic E-state index is 0.293. The zero-order valence-corrected chi connectivity index (χ0v) is 20.3. The summed E-state index contributed by atoms with van der Waals surface area (Å²) in [5, 5.41) is 3.81. The topological polar surface area (TPSA) is 88.0 Å². The van der Waals surface area contributed by atoms with Crippen molar-refractivity contribution >= 4 is 45.6 Å². The lowest BCUT2D eigenvalue weighted by molar-refractivity contribution is -0.111. The Hall–Kier alpha value is -3.31. The van der Waals surface area contributed by atoms with Gasteiger partial charge in [0, 0.05) is 28.4 Å². The average Bonchev–Trinajstić information content (AvgIpc) is 3.26. The molecule has 2 amide bonds. The number of hydrogen-bond acceptors (Lipinski definition) is 2. The Kier molecular flexibility index (Phi) is 7.23. The molecule has 1 aliphatic rings. The second kappa shape index (κ2) is 10.3. The van der Waals surface area contributed by atoms with E-state index in [1.165, 1.54) is 36.4 Å². The molecule has 1 aliphatic carbocycles. The molecule has 6 heteroatoms. The average molecular weight is 476 g/mol. The highest BCUT2D eigenvalue weighted by molar-refractivity contribution is 6.27. The van der Waals surface area contributed by atoms with Crippen LogP contribution in [0, 0.1) is 12.8 Å². The van der Waals surface area contributed by atoms with Crippen molar-refractivity contribution in [1.29, 1.82) is 0 Å². The summed E-state index contributed by atoms with van der Waals surface area (Å²) >= 11 is 5.54. The van der Waals surface area contributed by atoms with E-state index in [4.69, 9.17) is 17.3 Å². The fourth-order valence-corrected chi connectivity index (χ4v) is 5.04. The van der Waals surface area contributed by atoms with Gasteiger partial charge in [0.05, 0.1) is 11.1 Å². The second-order valence-electron chi connectivity index (χ2n) is 8.92. The van der Waals surface area contributed by atoms with Crippen LogP contribution in [-0.4, -0.2) is 16.8 Å². The monoisotopic (exact) mass is 475 g/mol. The molecule has 0 aliphatic heterocycles. The first-order valence-electron chi connectivity index (χ1n) is 11.8. The van der Waals surface area contributed by atoms with Crippen molar-refractivity contribution in [3.05, 3.63) is 70.9 Å². The van der Waals surface area contributed by atoms with Crippen LogP contribution in [0.1, 0.15) is 60.6 Å². The van der Waals surface area contributed by atoms with Crippen molar-refractivity contribution in [2.24, 2.45) is 11.7 Å². The van der Waals surface area contributed by atoms with Crippen molar-refractivity contribution in [2.45, 2.75) is 46.0 Å². The molecule has 1 unspecified atom stereocenters. The number of hydrogen-bond donors (Lipinski definition) is 3. The normalized spacial score (nSPS) is 16.1. The highest BCUT2D eigenvalue weighted by Crippen LogP contribution is 2.38. The molecule has 0 fully saturated rings. The van der Waals surface area contributed by atoms with Gasteiger partial charge >= 0.3 is 0 Å². The maximum Gasteiger partial charge on any atom is 0.250 e. The fraction of sp³-hybridized carbons (Fsp3) is 0.286. The highest BCUT2D eigenvalue weighted by Gasteiger charge is 2.20. The Morgan fingerprint density at radius 3 is 2.74 bits per heavy atom. The smallest absolute Gasteiger partial charge is 0.250 e. The molecule has 0 saturated heterocycles. The van der Waals surface area contributed by atoms with Gasteiger partial charge in [-0.25, -0.2) is 0 Å². The largest absolute Gasteiger partial charge is 0.366 e. The number of aromatic nitrogens is 1. The van der Waals surface area contributed by atoms with E-state index in [2.05, 4.69) is 29.4 Å². The molecule has 3 aromatic rings. The first-order valence-corrected chi connectivity index (χ1v) is 12.2. The molecule has 0 bridgehead atoms. The number of fused-ring (bicyclic) bond motifs is 1. The summed E-state index contributed by atoms with van der Waals surface area (Å²) in [6.07, 6.45) is 9.38. The van der Waals surface area contributed by atoms with E-state index >= 15 is 0 Å². The molecular formula is C28H30ClN3O2. The third-order valence-electron chi connectivity index (χ3n) is 6.72. The number of carbonyl (C=O) groups excluding carboxylic acids is 2. The lowest BCUT2D eigenvalue weighted by Gasteiger charge is -2.20. The molecule has 4 rings (SSSR count).